The van der Waals surface area contributed by atoms with Crippen molar-refractivity contribution in [2.75, 3.05) is 5.32 Å². The lowest BCUT2D eigenvalue weighted by molar-refractivity contribution is 0.974. The number of rotatable bonds is 2. The summed E-state index contributed by atoms with van der Waals surface area (Å²) in [5, 5.41) is 19.1. The van der Waals surface area contributed by atoms with Gasteiger partial charge in [-0.2, -0.15) is 10.2 Å². The molecule has 1 aromatic carbocycles. The molecule has 0 radical (unpaired) electrons. The molecule has 0 aliphatic carbocycles. The molecule has 0 spiro atoms. The van der Waals surface area contributed by atoms with Gasteiger partial charge in [-0.25, -0.2) is 0 Å². The highest BCUT2D eigenvalue weighted by atomic mass is 79.9. The van der Waals surface area contributed by atoms with E-state index in [0.717, 1.165) is 4.47 Å². The molecule has 0 fully saturated rings. The van der Waals surface area contributed by atoms with Gasteiger partial charge in [0.05, 0.1) is 11.3 Å². The number of hydrogen-bond donors (Lipinski definition) is 1. The predicted octanol–water partition coefficient (Wildman–Crippen LogP) is 3.56. The zero-order valence-electron chi connectivity index (χ0n) is 8.65. The second-order valence-corrected chi connectivity index (χ2v) is 4.76. The number of anilines is 2. The van der Waals surface area contributed by atoms with Gasteiger partial charge < -0.3 is 5.32 Å². The molecule has 0 aliphatic heterocycles. The summed E-state index contributed by atoms with van der Waals surface area (Å²) in [5.74, 6) is 0.246. The van der Waals surface area contributed by atoms with Crippen molar-refractivity contribution in [3.8, 4) is 6.07 Å². The van der Waals surface area contributed by atoms with E-state index in [4.69, 9.17) is 28.5 Å². The predicted molar refractivity (Wildman–Crippen MR) is 72.0 cm³/mol. The normalized spacial score (nSPS) is 9.89. The second kappa shape index (κ2) is 5.48. The summed E-state index contributed by atoms with van der Waals surface area (Å²) in [5.41, 5.74) is 0.995. The van der Waals surface area contributed by atoms with Crippen LogP contribution in [0.3, 0.4) is 0 Å². The van der Waals surface area contributed by atoms with Gasteiger partial charge in [-0.3, -0.25) is 0 Å². The summed E-state index contributed by atoms with van der Waals surface area (Å²) >= 11 is 14.7. The molecule has 0 bridgehead atoms. The zero-order chi connectivity index (χ0) is 13.1. The Labute approximate surface area is 121 Å². The fourth-order valence-corrected chi connectivity index (χ4v) is 1.83. The van der Waals surface area contributed by atoms with Gasteiger partial charge in [0.15, 0.2) is 11.0 Å². The average Bonchev–Trinajstić information content (AvgIpc) is 2.36. The first-order chi connectivity index (χ1) is 8.60. The lowest BCUT2D eigenvalue weighted by atomic mass is 10.2. The minimum absolute atomic E-state index is 0.0301. The van der Waals surface area contributed by atoms with Crippen LogP contribution < -0.4 is 5.32 Å². The van der Waals surface area contributed by atoms with E-state index in [9.17, 15) is 0 Å². The summed E-state index contributed by atoms with van der Waals surface area (Å²) in [7, 11) is 0. The number of halogens is 3. The fraction of sp³-hybridized carbons (Fsp3) is 0. The molecule has 1 N–H and O–H groups in total. The van der Waals surface area contributed by atoms with E-state index >= 15 is 0 Å². The van der Waals surface area contributed by atoms with Crippen molar-refractivity contribution in [1.82, 2.24) is 15.2 Å². The number of aromatic nitrogens is 3. The lowest BCUT2D eigenvalue weighted by Gasteiger charge is -2.08. The molecule has 1 heterocycles. The maximum atomic E-state index is 9.03. The summed E-state index contributed by atoms with van der Waals surface area (Å²) in [6, 6.07) is 7.23. The molecule has 0 atom stereocenters. The van der Waals surface area contributed by atoms with Crippen LogP contribution in [-0.2, 0) is 0 Å². The summed E-state index contributed by atoms with van der Waals surface area (Å²) in [6.45, 7) is 0. The fourth-order valence-electron chi connectivity index (χ4n) is 1.22. The Morgan fingerprint density at radius 3 is 2.78 bits per heavy atom. The Bertz CT molecular complexity index is 641. The van der Waals surface area contributed by atoms with Crippen molar-refractivity contribution >= 4 is 50.6 Å². The zero-order valence-corrected chi connectivity index (χ0v) is 11.8. The number of nitrogens with zero attached hydrogens (tertiary/aromatic N) is 4. The first-order valence-corrected chi connectivity index (χ1v) is 6.17. The molecule has 0 saturated heterocycles. The molecule has 0 amide bonds. The van der Waals surface area contributed by atoms with Crippen LogP contribution in [0, 0.1) is 11.3 Å². The molecule has 8 heteroatoms. The van der Waals surface area contributed by atoms with Gasteiger partial charge in [0.1, 0.15) is 6.07 Å². The van der Waals surface area contributed by atoms with E-state index in [1.54, 1.807) is 18.2 Å². The molecule has 2 rings (SSSR count). The third-order valence-electron chi connectivity index (χ3n) is 1.97. The second-order valence-electron chi connectivity index (χ2n) is 3.15. The van der Waals surface area contributed by atoms with Gasteiger partial charge >= 0.3 is 0 Å². The van der Waals surface area contributed by atoms with Crippen LogP contribution in [0.25, 0.3) is 0 Å². The van der Waals surface area contributed by atoms with Gasteiger partial charge in [0, 0.05) is 4.47 Å². The van der Waals surface area contributed by atoms with E-state index in [-0.39, 0.29) is 16.3 Å². The lowest BCUT2D eigenvalue weighted by Crippen LogP contribution is -2.00. The molecule has 2 aromatic rings. The number of nitrogens with one attached hydrogen (secondary N) is 1. The van der Waals surface area contributed by atoms with E-state index in [1.807, 2.05) is 0 Å². The topological polar surface area (TPSA) is 74.5 Å². The molecule has 1 aromatic heterocycles. The number of benzene rings is 1. The molecule has 0 aliphatic rings. The van der Waals surface area contributed by atoms with Crippen molar-refractivity contribution in [2.24, 2.45) is 0 Å². The molecule has 0 unspecified atom stereocenters. The third kappa shape index (κ3) is 2.88. The van der Waals surface area contributed by atoms with Gasteiger partial charge in [-0.15, -0.1) is 10.2 Å². The van der Waals surface area contributed by atoms with Gasteiger partial charge in [0.25, 0.3) is 0 Å². The van der Waals surface area contributed by atoms with Crippen molar-refractivity contribution < 1.29 is 0 Å². The molecule has 90 valence electrons. The summed E-state index contributed by atoms with van der Waals surface area (Å²) in [6.07, 6.45) is 0. The standard InChI is InChI=1S/C10H4BrCl2N5/c11-6-1-2-7(5(3-6)4-14)15-9-8(12)17-18-10(13)16-9/h1-3H,(H,15,16,18). The minimum atomic E-state index is -0.0301. The largest absolute Gasteiger partial charge is 0.336 e. The van der Waals surface area contributed by atoms with Gasteiger partial charge in [-0.05, 0) is 29.8 Å². The van der Waals surface area contributed by atoms with Crippen molar-refractivity contribution in [3.05, 3.63) is 38.7 Å². The molecule has 18 heavy (non-hydrogen) atoms. The van der Waals surface area contributed by atoms with Crippen molar-refractivity contribution in [1.29, 1.82) is 5.26 Å². The highest BCUT2D eigenvalue weighted by Gasteiger charge is 2.09. The van der Waals surface area contributed by atoms with Gasteiger partial charge in [-0.1, -0.05) is 27.5 Å². The van der Waals surface area contributed by atoms with E-state index in [1.165, 1.54) is 0 Å². The number of nitriles is 1. The number of hydrogen-bond acceptors (Lipinski definition) is 5. The van der Waals surface area contributed by atoms with Crippen molar-refractivity contribution in [2.45, 2.75) is 0 Å². The molecular formula is C10H4BrCl2N5. The average molecular weight is 345 g/mol. The van der Waals surface area contributed by atoms with Crippen LogP contribution in [-0.4, -0.2) is 15.2 Å². The van der Waals surface area contributed by atoms with E-state index < -0.39 is 0 Å². The Hall–Kier alpha value is -1.42. The maximum Gasteiger partial charge on any atom is 0.245 e. The summed E-state index contributed by atoms with van der Waals surface area (Å²) in [4.78, 5) is 3.89. The van der Waals surface area contributed by atoms with Crippen LogP contribution >= 0.6 is 39.1 Å². The summed E-state index contributed by atoms with van der Waals surface area (Å²) < 4.78 is 0.801. The Balaban J connectivity index is 2.40. The highest BCUT2D eigenvalue weighted by Crippen LogP contribution is 2.26. The van der Waals surface area contributed by atoms with E-state index in [0.29, 0.717) is 11.3 Å². The Morgan fingerprint density at radius 2 is 2.06 bits per heavy atom. The van der Waals surface area contributed by atoms with Crippen LogP contribution in [0.15, 0.2) is 22.7 Å². The minimum Gasteiger partial charge on any atom is -0.336 e. The Morgan fingerprint density at radius 1 is 1.28 bits per heavy atom. The van der Waals surface area contributed by atoms with Crippen LogP contribution in [0.4, 0.5) is 11.5 Å². The smallest absolute Gasteiger partial charge is 0.245 e. The highest BCUT2D eigenvalue weighted by molar-refractivity contribution is 9.10. The third-order valence-corrected chi connectivity index (χ3v) is 2.88. The first-order valence-electron chi connectivity index (χ1n) is 4.62. The van der Waals surface area contributed by atoms with Crippen LogP contribution in [0.2, 0.25) is 10.4 Å². The first kappa shape index (κ1) is 13.0. The van der Waals surface area contributed by atoms with Crippen LogP contribution in [0.1, 0.15) is 5.56 Å². The monoisotopic (exact) mass is 343 g/mol. The molecule has 5 nitrogen and oxygen atoms in total. The van der Waals surface area contributed by atoms with Crippen molar-refractivity contribution in [3.63, 3.8) is 0 Å². The molecular weight excluding hydrogens is 341 g/mol. The molecule has 0 saturated carbocycles. The van der Waals surface area contributed by atoms with E-state index in [2.05, 4.69) is 42.5 Å². The van der Waals surface area contributed by atoms with Gasteiger partial charge in [0.2, 0.25) is 5.28 Å². The Kier molecular flexibility index (Phi) is 3.97. The quantitative estimate of drug-likeness (QED) is 0.901. The SMILES string of the molecule is N#Cc1cc(Br)ccc1Nc1nc(Cl)nnc1Cl. The maximum absolute atomic E-state index is 9.03. The van der Waals surface area contributed by atoms with Crippen LogP contribution in [0.5, 0.6) is 0 Å².